The second kappa shape index (κ2) is 5.82. The highest BCUT2D eigenvalue weighted by atomic mass is 127. The van der Waals surface area contributed by atoms with Gasteiger partial charge in [-0.1, -0.05) is 84.9 Å². The van der Waals surface area contributed by atoms with E-state index in [1.807, 2.05) is 0 Å². The quantitative estimate of drug-likeness (QED) is 0.178. The van der Waals surface area contributed by atoms with Crippen molar-refractivity contribution in [1.82, 2.24) is 0 Å². The molecule has 1 fully saturated rings. The highest BCUT2D eigenvalue weighted by Crippen LogP contribution is 2.53. The Labute approximate surface area is 131 Å². The zero-order chi connectivity index (χ0) is 13.4. The molecule has 0 heterocycles. The Balaban J connectivity index is 3.18. The summed E-state index contributed by atoms with van der Waals surface area (Å²) in [6, 6.07) is 0.134. The van der Waals surface area contributed by atoms with Crippen LogP contribution in [0.1, 0.15) is 34.6 Å². The van der Waals surface area contributed by atoms with Crippen LogP contribution < -0.4 is 0 Å². The van der Waals surface area contributed by atoms with Crippen molar-refractivity contribution in [2.24, 2.45) is 28.3 Å². The van der Waals surface area contributed by atoms with Gasteiger partial charge in [0.05, 0.1) is 6.04 Å². The van der Waals surface area contributed by atoms with E-state index in [1.54, 1.807) is 0 Å². The maximum Gasteiger partial charge on any atom is 0.0538 e. The van der Waals surface area contributed by atoms with E-state index in [0.29, 0.717) is 25.6 Å². The zero-order valence-corrected chi connectivity index (χ0v) is 15.4. The number of azide groups is 1. The first kappa shape index (κ1) is 15.8. The Hall–Kier alpha value is 0.770. The van der Waals surface area contributed by atoms with E-state index >= 15 is 0 Å². The molecule has 0 spiro atoms. The Morgan fingerprint density at radius 3 is 2.06 bits per heavy atom. The van der Waals surface area contributed by atoms with Crippen LogP contribution in [0.4, 0.5) is 0 Å². The van der Waals surface area contributed by atoms with Crippen molar-refractivity contribution in [3.8, 4) is 0 Å². The molecule has 98 valence electrons. The lowest BCUT2D eigenvalue weighted by atomic mass is 9.70. The third-order valence-corrected chi connectivity index (χ3v) is 8.23. The minimum absolute atomic E-state index is 0.134. The van der Waals surface area contributed by atoms with Crippen LogP contribution in [0.25, 0.3) is 10.4 Å². The third-order valence-electron chi connectivity index (χ3n) is 3.74. The van der Waals surface area contributed by atoms with Gasteiger partial charge in [0.15, 0.2) is 0 Å². The summed E-state index contributed by atoms with van der Waals surface area (Å²) in [6.07, 6.45) is 0. The second-order valence-electron chi connectivity index (χ2n) is 6.30. The Kier molecular flexibility index (Phi) is 5.42. The van der Waals surface area contributed by atoms with Gasteiger partial charge >= 0.3 is 0 Å². The van der Waals surface area contributed by atoms with Gasteiger partial charge in [-0.3, -0.25) is 0 Å². The van der Waals surface area contributed by atoms with Gasteiger partial charge in [0.1, 0.15) is 0 Å². The number of alkyl halides is 2. The molecule has 0 bridgehead atoms. The summed E-state index contributed by atoms with van der Waals surface area (Å²) < 4.78 is 1.04. The van der Waals surface area contributed by atoms with Gasteiger partial charge in [0.2, 0.25) is 0 Å². The first-order valence-electron chi connectivity index (χ1n) is 6.04. The normalized spacial score (nSPS) is 38.2. The van der Waals surface area contributed by atoms with Gasteiger partial charge in [-0.05, 0) is 28.7 Å². The summed E-state index contributed by atoms with van der Waals surface area (Å²) in [6.45, 7) is 11.4. The van der Waals surface area contributed by atoms with Crippen LogP contribution in [0.3, 0.4) is 0 Å². The largest absolute Gasteiger partial charge is 0.0892 e. The molecule has 0 aromatic carbocycles. The number of hydrogen-bond acceptors (Lipinski definition) is 1. The molecular formula is C12H21I2N3. The van der Waals surface area contributed by atoms with Crippen LogP contribution >= 0.6 is 45.2 Å². The number of halogens is 2. The molecule has 5 unspecified atom stereocenters. The average molecular weight is 461 g/mol. The van der Waals surface area contributed by atoms with E-state index in [-0.39, 0.29) is 11.5 Å². The molecule has 5 atom stereocenters. The van der Waals surface area contributed by atoms with Crippen LogP contribution in [0, 0.1) is 23.2 Å². The Morgan fingerprint density at radius 2 is 1.71 bits per heavy atom. The van der Waals surface area contributed by atoms with Gasteiger partial charge in [-0.15, -0.1) is 0 Å². The molecule has 17 heavy (non-hydrogen) atoms. The van der Waals surface area contributed by atoms with Crippen molar-refractivity contribution in [1.29, 1.82) is 0 Å². The first-order chi connectivity index (χ1) is 7.71. The SMILES string of the molecule is CC(C)C1C(I)C(I)C(N=[N+]=[N-])C1C(C)(C)C. The fraction of sp³-hybridized carbons (Fsp3) is 1.00. The van der Waals surface area contributed by atoms with Crippen LogP contribution in [0.5, 0.6) is 0 Å². The number of hydrogen-bond donors (Lipinski definition) is 0. The Bertz CT molecular complexity index is 318. The molecule has 0 aromatic heterocycles. The lowest BCUT2D eigenvalue weighted by molar-refractivity contribution is 0.142. The minimum Gasteiger partial charge on any atom is -0.0892 e. The van der Waals surface area contributed by atoms with Crippen molar-refractivity contribution in [2.45, 2.75) is 48.5 Å². The molecule has 1 aliphatic carbocycles. The first-order valence-corrected chi connectivity index (χ1v) is 8.53. The third kappa shape index (κ3) is 3.21. The van der Waals surface area contributed by atoms with Gasteiger partial charge in [0, 0.05) is 12.8 Å². The van der Waals surface area contributed by atoms with Gasteiger partial charge in [-0.25, -0.2) is 0 Å². The average Bonchev–Trinajstić information content (AvgIpc) is 2.42. The van der Waals surface area contributed by atoms with Crippen molar-refractivity contribution in [3.05, 3.63) is 10.4 Å². The van der Waals surface area contributed by atoms with Gasteiger partial charge in [-0.2, -0.15) is 0 Å². The van der Waals surface area contributed by atoms with Crippen molar-refractivity contribution < 1.29 is 0 Å². The van der Waals surface area contributed by atoms with E-state index < -0.39 is 0 Å². The molecule has 0 aromatic rings. The summed E-state index contributed by atoms with van der Waals surface area (Å²) in [5, 5.41) is 4.10. The molecular weight excluding hydrogens is 440 g/mol. The topological polar surface area (TPSA) is 48.8 Å². The van der Waals surface area contributed by atoms with E-state index in [4.69, 9.17) is 5.53 Å². The fourth-order valence-corrected chi connectivity index (χ4v) is 5.87. The van der Waals surface area contributed by atoms with Crippen molar-refractivity contribution >= 4 is 45.2 Å². The molecule has 0 amide bonds. The van der Waals surface area contributed by atoms with Crippen LogP contribution in [0.15, 0.2) is 5.11 Å². The maximum absolute atomic E-state index is 8.79. The monoisotopic (exact) mass is 461 g/mol. The van der Waals surface area contributed by atoms with Crippen molar-refractivity contribution in [2.75, 3.05) is 0 Å². The molecule has 1 saturated carbocycles. The molecule has 5 heteroatoms. The lowest BCUT2D eigenvalue weighted by Crippen LogP contribution is -2.35. The fourth-order valence-electron chi connectivity index (χ4n) is 3.09. The predicted molar refractivity (Wildman–Crippen MR) is 89.8 cm³/mol. The molecule has 0 N–H and O–H groups in total. The van der Waals surface area contributed by atoms with Gasteiger partial charge < -0.3 is 0 Å². The molecule has 0 saturated heterocycles. The summed E-state index contributed by atoms with van der Waals surface area (Å²) in [7, 11) is 0. The van der Waals surface area contributed by atoms with E-state index in [0.717, 1.165) is 0 Å². The maximum atomic E-state index is 8.79. The van der Waals surface area contributed by atoms with Crippen LogP contribution in [-0.2, 0) is 0 Å². The molecule has 3 nitrogen and oxygen atoms in total. The zero-order valence-electron chi connectivity index (χ0n) is 11.1. The van der Waals surface area contributed by atoms with E-state index in [9.17, 15) is 0 Å². The number of nitrogens with zero attached hydrogens (tertiary/aromatic N) is 3. The predicted octanol–water partition coefficient (Wildman–Crippen LogP) is 5.22. The molecule has 0 radical (unpaired) electrons. The smallest absolute Gasteiger partial charge is 0.0538 e. The summed E-state index contributed by atoms with van der Waals surface area (Å²) in [5.41, 5.74) is 8.98. The molecule has 1 rings (SSSR count). The van der Waals surface area contributed by atoms with Crippen LogP contribution in [-0.4, -0.2) is 13.9 Å². The summed E-state index contributed by atoms with van der Waals surface area (Å²) in [4.78, 5) is 3.08. The second-order valence-corrected chi connectivity index (χ2v) is 9.17. The highest BCUT2D eigenvalue weighted by molar-refractivity contribution is 14.1. The molecule has 1 aliphatic rings. The standard InChI is InChI=1S/C12H21I2N3/c1-6(2)7-8(12(3,4)5)11(16-17-15)10(14)9(7)13/h6-11H,1-5H3. The summed E-state index contributed by atoms with van der Waals surface area (Å²) in [5.74, 6) is 1.74. The van der Waals surface area contributed by atoms with E-state index in [1.165, 1.54) is 0 Å². The lowest BCUT2D eigenvalue weighted by Gasteiger charge is -2.37. The van der Waals surface area contributed by atoms with Crippen LogP contribution in [0.2, 0.25) is 0 Å². The Morgan fingerprint density at radius 1 is 1.18 bits per heavy atom. The van der Waals surface area contributed by atoms with Gasteiger partial charge in [0.25, 0.3) is 0 Å². The van der Waals surface area contributed by atoms with Crippen molar-refractivity contribution in [3.63, 3.8) is 0 Å². The summed E-state index contributed by atoms with van der Waals surface area (Å²) >= 11 is 5.03. The highest BCUT2D eigenvalue weighted by Gasteiger charge is 2.52. The van der Waals surface area contributed by atoms with E-state index in [2.05, 4.69) is 89.8 Å². The minimum atomic E-state index is 0.134. The molecule has 0 aliphatic heterocycles. The number of rotatable bonds is 2.